The molecular formula is C13H17NO3. The van der Waals surface area contributed by atoms with E-state index in [0.29, 0.717) is 26.1 Å². The van der Waals surface area contributed by atoms with Gasteiger partial charge in [-0.1, -0.05) is 18.2 Å². The summed E-state index contributed by atoms with van der Waals surface area (Å²) in [7, 11) is 0. The Hall–Kier alpha value is -1.55. The third-order valence-electron chi connectivity index (χ3n) is 2.74. The van der Waals surface area contributed by atoms with Crippen LogP contribution in [0.2, 0.25) is 0 Å². The molecule has 17 heavy (non-hydrogen) atoms. The summed E-state index contributed by atoms with van der Waals surface area (Å²) < 4.78 is 5.44. The van der Waals surface area contributed by atoms with E-state index in [2.05, 4.69) is 0 Å². The lowest BCUT2D eigenvalue weighted by molar-refractivity contribution is -0.152. The van der Waals surface area contributed by atoms with Gasteiger partial charge in [0.15, 0.2) is 0 Å². The summed E-state index contributed by atoms with van der Waals surface area (Å²) in [5, 5.41) is 9.51. The van der Waals surface area contributed by atoms with E-state index in [0.717, 1.165) is 5.75 Å². The summed E-state index contributed by atoms with van der Waals surface area (Å²) in [6.07, 6.45) is 0.352. The van der Waals surface area contributed by atoms with Gasteiger partial charge in [0.2, 0.25) is 5.91 Å². The number of nitrogens with zero attached hydrogens (tertiary/aromatic N) is 1. The predicted octanol–water partition coefficient (Wildman–Crippen LogP) is 1.05. The molecule has 4 heteroatoms. The van der Waals surface area contributed by atoms with Crippen molar-refractivity contribution in [1.82, 2.24) is 4.90 Å². The standard InChI is InChI=1S/C13H17NO3/c1-13(16)9-14(10-13)12(15)7-8-17-11-5-3-2-4-6-11/h2-6,16H,7-10H2,1H3. The lowest BCUT2D eigenvalue weighted by Gasteiger charge is -2.44. The Morgan fingerprint density at radius 1 is 1.41 bits per heavy atom. The zero-order valence-electron chi connectivity index (χ0n) is 9.93. The minimum absolute atomic E-state index is 0.0347. The van der Waals surface area contributed by atoms with Crippen molar-refractivity contribution < 1.29 is 14.6 Å². The summed E-state index contributed by atoms with van der Waals surface area (Å²) in [6, 6.07) is 9.42. The van der Waals surface area contributed by atoms with Crippen LogP contribution in [0.3, 0.4) is 0 Å². The molecule has 0 unspecified atom stereocenters. The van der Waals surface area contributed by atoms with E-state index in [1.54, 1.807) is 11.8 Å². The Bertz CT molecular complexity index is 381. The highest BCUT2D eigenvalue weighted by atomic mass is 16.5. The van der Waals surface area contributed by atoms with E-state index >= 15 is 0 Å². The Labute approximate surface area is 101 Å². The second kappa shape index (κ2) is 4.75. The number of ether oxygens (including phenoxy) is 1. The maximum atomic E-state index is 11.6. The number of amides is 1. The first-order chi connectivity index (χ1) is 8.07. The van der Waals surface area contributed by atoms with E-state index < -0.39 is 5.60 Å². The molecular weight excluding hydrogens is 218 g/mol. The molecule has 1 aromatic rings. The lowest BCUT2D eigenvalue weighted by atomic mass is 9.97. The van der Waals surface area contributed by atoms with Gasteiger partial charge in [0, 0.05) is 0 Å². The number of para-hydroxylation sites is 1. The summed E-state index contributed by atoms with van der Waals surface area (Å²) in [4.78, 5) is 13.3. The molecule has 92 valence electrons. The summed E-state index contributed by atoms with van der Waals surface area (Å²) in [5.74, 6) is 0.809. The summed E-state index contributed by atoms with van der Waals surface area (Å²) >= 11 is 0. The van der Waals surface area contributed by atoms with Gasteiger partial charge >= 0.3 is 0 Å². The van der Waals surface area contributed by atoms with Crippen molar-refractivity contribution >= 4 is 5.91 Å². The van der Waals surface area contributed by atoms with Crippen LogP contribution >= 0.6 is 0 Å². The SMILES string of the molecule is CC1(O)CN(C(=O)CCOc2ccccc2)C1. The van der Waals surface area contributed by atoms with Crippen LogP contribution in [-0.2, 0) is 4.79 Å². The second-order valence-corrected chi connectivity index (χ2v) is 4.66. The van der Waals surface area contributed by atoms with Gasteiger partial charge in [0.05, 0.1) is 31.7 Å². The van der Waals surface area contributed by atoms with Gasteiger partial charge in [0.25, 0.3) is 0 Å². The summed E-state index contributed by atoms with van der Waals surface area (Å²) in [5.41, 5.74) is -0.698. The molecule has 0 spiro atoms. The smallest absolute Gasteiger partial charge is 0.226 e. The van der Waals surface area contributed by atoms with Crippen LogP contribution < -0.4 is 4.74 Å². The Balaban J connectivity index is 1.68. The zero-order chi connectivity index (χ0) is 12.3. The number of likely N-dealkylation sites (tertiary alicyclic amines) is 1. The Morgan fingerprint density at radius 3 is 2.65 bits per heavy atom. The minimum Gasteiger partial charge on any atom is -0.493 e. The highest BCUT2D eigenvalue weighted by Gasteiger charge is 2.38. The maximum Gasteiger partial charge on any atom is 0.226 e. The van der Waals surface area contributed by atoms with Crippen LogP contribution in [0.25, 0.3) is 0 Å². The van der Waals surface area contributed by atoms with E-state index in [4.69, 9.17) is 4.74 Å². The fourth-order valence-electron chi connectivity index (χ4n) is 1.88. The molecule has 1 amide bonds. The van der Waals surface area contributed by atoms with E-state index in [9.17, 15) is 9.90 Å². The maximum absolute atomic E-state index is 11.6. The second-order valence-electron chi connectivity index (χ2n) is 4.66. The molecule has 0 radical (unpaired) electrons. The van der Waals surface area contributed by atoms with Crippen LogP contribution in [0.4, 0.5) is 0 Å². The fourth-order valence-corrected chi connectivity index (χ4v) is 1.88. The van der Waals surface area contributed by atoms with E-state index in [1.165, 1.54) is 0 Å². The van der Waals surface area contributed by atoms with Gasteiger partial charge in [0.1, 0.15) is 5.75 Å². The van der Waals surface area contributed by atoms with E-state index in [-0.39, 0.29) is 5.91 Å². The molecule has 1 aromatic carbocycles. The van der Waals surface area contributed by atoms with Gasteiger partial charge in [-0.3, -0.25) is 4.79 Å². The van der Waals surface area contributed by atoms with Crippen LogP contribution in [-0.4, -0.2) is 41.2 Å². The predicted molar refractivity (Wildman–Crippen MR) is 63.8 cm³/mol. The van der Waals surface area contributed by atoms with Crippen LogP contribution in [0.15, 0.2) is 30.3 Å². The number of carbonyl (C=O) groups is 1. The molecule has 1 fully saturated rings. The van der Waals surface area contributed by atoms with Gasteiger partial charge in [-0.25, -0.2) is 0 Å². The highest BCUT2D eigenvalue weighted by molar-refractivity contribution is 5.77. The minimum atomic E-state index is -0.698. The average molecular weight is 235 g/mol. The molecule has 4 nitrogen and oxygen atoms in total. The molecule has 0 saturated carbocycles. The van der Waals surface area contributed by atoms with Crippen LogP contribution in [0.1, 0.15) is 13.3 Å². The first kappa shape index (κ1) is 11.9. The molecule has 1 aliphatic rings. The fraction of sp³-hybridized carbons (Fsp3) is 0.462. The molecule has 0 bridgehead atoms. The Morgan fingerprint density at radius 2 is 2.06 bits per heavy atom. The van der Waals surface area contributed by atoms with Crippen molar-refractivity contribution in [2.45, 2.75) is 18.9 Å². The van der Waals surface area contributed by atoms with Crippen molar-refractivity contribution in [3.05, 3.63) is 30.3 Å². The molecule has 0 aliphatic carbocycles. The molecule has 1 heterocycles. The molecule has 0 atom stereocenters. The number of hydrogen-bond donors (Lipinski definition) is 1. The van der Waals surface area contributed by atoms with Gasteiger partial charge in [-0.15, -0.1) is 0 Å². The summed E-state index contributed by atoms with van der Waals surface area (Å²) in [6.45, 7) is 2.97. The topological polar surface area (TPSA) is 49.8 Å². The Kier molecular flexibility index (Phi) is 3.33. The molecule has 2 rings (SSSR count). The average Bonchev–Trinajstić information content (AvgIpc) is 2.27. The van der Waals surface area contributed by atoms with Gasteiger partial charge in [-0.05, 0) is 19.1 Å². The van der Waals surface area contributed by atoms with E-state index in [1.807, 2.05) is 30.3 Å². The largest absolute Gasteiger partial charge is 0.493 e. The van der Waals surface area contributed by atoms with Crippen LogP contribution in [0, 0.1) is 0 Å². The quantitative estimate of drug-likeness (QED) is 0.848. The number of aliphatic hydroxyl groups is 1. The van der Waals surface area contributed by atoms with Crippen molar-refractivity contribution in [3.8, 4) is 5.75 Å². The molecule has 1 N–H and O–H groups in total. The van der Waals surface area contributed by atoms with Crippen molar-refractivity contribution in [2.75, 3.05) is 19.7 Å². The van der Waals surface area contributed by atoms with Gasteiger partial charge < -0.3 is 14.7 Å². The number of hydrogen-bond acceptors (Lipinski definition) is 3. The monoisotopic (exact) mass is 235 g/mol. The third kappa shape index (κ3) is 3.20. The van der Waals surface area contributed by atoms with Crippen molar-refractivity contribution in [3.63, 3.8) is 0 Å². The highest BCUT2D eigenvalue weighted by Crippen LogP contribution is 2.20. The third-order valence-corrected chi connectivity index (χ3v) is 2.74. The van der Waals surface area contributed by atoms with Gasteiger partial charge in [-0.2, -0.15) is 0 Å². The molecule has 1 saturated heterocycles. The van der Waals surface area contributed by atoms with Crippen molar-refractivity contribution in [2.24, 2.45) is 0 Å². The molecule has 0 aromatic heterocycles. The molecule has 1 aliphatic heterocycles. The number of rotatable bonds is 4. The van der Waals surface area contributed by atoms with Crippen LogP contribution in [0.5, 0.6) is 5.75 Å². The number of β-amino-alcohol motifs (C(OH)–C–C–N with tert-alkyl or cyclic N) is 1. The zero-order valence-corrected chi connectivity index (χ0v) is 9.93. The first-order valence-electron chi connectivity index (χ1n) is 5.75. The normalized spacial score (nSPS) is 17.4. The van der Waals surface area contributed by atoms with Crippen molar-refractivity contribution in [1.29, 1.82) is 0 Å². The first-order valence-corrected chi connectivity index (χ1v) is 5.75. The lowest BCUT2D eigenvalue weighted by Crippen LogP contribution is -2.61. The number of benzene rings is 1. The number of carbonyl (C=O) groups excluding carboxylic acids is 1.